The Hall–Kier alpha value is 0.250. The van der Waals surface area contributed by atoms with E-state index < -0.39 is 10.0 Å². The first-order valence-corrected chi connectivity index (χ1v) is 10.8. The van der Waals surface area contributed by atoms with E-state index in [0.29, 0.717) is 16.8 Å². The topological polar surface area (TPSA) is 82.6 Å². The van der Waals surface area contributed by atoms with Gasteiger partial charge in [-0.3, -0.25) is 4.99 Å². The minimum atomic E-state index is -3.50. The fraction of sp³-hybridized carbons (Fsp3) is 0.583. The van der Waals surface area contributed by atoms with Crippen LogP contribution in [0.3, 0.4) is 0 Å². The van der Waals surface area contributed by atoms with Crippen LogP contribution in [-0.2, 0) is 10.0 Å². The summed E-state index contributed by atoms with van der Waals surface area (Å²) >= 11 is 8.53. The van der Waals surface area contributed by atoms with Crippen molar-refractivity contribution in [3.63, 3.8) is 0 Å². The van der Waals surface area contributed by atoms with Crippen LogP contribution in [0.2, 0.25) is 4.34 Å². The van der Waals surface area contributed by atoms with Crippen LogP contribution in [0.15, 0.2) is 21.3 Å². The van der Waals surface area contributed by atoms with Crippen molar-refractivity contribution in [2.45, 2.75) is 11.1 Å². The van der Waals surface area contributed by atoms with E-state index >= 15 is 0 Å². The van der Waals surface area contributed by atoms with Crippen molar-refractivity contribution in [3.8, 4) is 0 Å². The third-order valence-electron chi connectivity index (χ3n) is 2.43. The summed E-state index contributed by atoms with van der Waals surface area (Å²) in [6, 6.07) is 3.06. The Labute approximate surface area is 168 Å². The van der Waals surface area contributed by atoms with Crippen molar-refractivity contribution in [3.05, 3.63) is 16.5 Å². The summed E-state index contributed by atoms with van der Waals surface area (Å²) < 4.78 is 27.1. The Morgan fingerprint density at radius 1 is 1.35 bits per heavy atom. The molecule has 0 aliphatic carbocycles. The maximum absolute atomic E-state index is 12.0. The SMILES string of the molecule is CCNC(=NCCNS(=O)(=O)c1ccc(Cl)s1)NCCSC.I. The Bertz CT molecular complexity index is 581. The predicted molar refractivity (Wildman–Crippen MR) is 112 cm³/mol. The molecule has 0 atom stereocenters. The molecule has 0 saturated heterocycles. The van der Waals surface area contributed by atoms with E-state index in [2.05, 4.69) is 20.3 Å². The van der Waals surface area contributed by atoms with Crippen LogP contribution in [0, 0.1) is 0 Å². The highest BCUT2D eigenvalue weighted by molar-refractivity contribution is 14.0. The molecule has 1 aromatic rings. The first-order chi connectivity index (χ1) is 10.5. The molecule has 0 unspecified atom stereocenters. The third-order valence-corrected chi connectivity index (χ3v) is 6.23. The standard InChI is InChI=1S/C12H21ClN4O2S3.HI/c1-3-14-12(16-8-9-20-2)15-6-7-17-22(18,19)11-5-4-10(13)21-11;/h4-5,17H,3,6-9H2,1-2H3,(H2,14,15,16);1H. The number of nitrogens with one attached hydrogen (secondary N) is 3. The van der Waals surface area contributed by atoms with Gasteiger partial charge in [0.15, 0.2) is 5.96 Å². The van der Waals surface area contributed by atoms with E-state index in [1.807, 2.05) is 13.2 Å². The van der Waals surface area contributed by atoms with Crippen LogP contribution in [0.5, 0.6) is 0 Å². The van der Waals surface area contributed by atoms with E-state index in [-0.39, 0.29) is 34.7 Å². The lowest BCUT2D eigenvalue weighted by molar-refractivity contribution is 0.584. The van der Waals surface area contributed by atoms with Crippen molar-refractivity contribution >= 4 is 74.7 Å². The van der Waals surface area contributed by atoms with Gasteiger partial charge >= 0.3 is 0 Å². The lowest BCUT2D eigenvalue weighted by Crippen LogP contribution is -2.39. The molecule has 0 radical (unpaired) electrons. The molecule has 1 heterocycles. The maximum atomic E-state index is 12.0. The largest absolute Gasteiger partial charge is 0.357 e. The van der Waals surface area contributed by atoms with Crippen LogP contribution in [0.25, 0.3) is 0 Å². The molecule has 1 aromatic heterocycles. The summed E-state index contributed by atoms with van der Waals surface area (Å²) in [6.07, 6.45) is 2.04. The van der Waals surface area contributed by atoms with Crippen molar-refractivity contribution < 1.29 is 8.42 Å². The molecule has 23 heavy (non-hydrogen) atoms. The van der Waals surface area contributed by atoms with Gasteiger partial charge in [-0.2, -0.15) is 11.8 Å². The van der Waals surface area contributed by atoms with Gasteiger partial charge in [0, 0.05) is 25.4 Å². The smallest absolute Gasteiger partial charge is 0.250 e. The van der Waals surface area contributed by atoms with Gasteiger partial charge in [0.05, 0.1) is 10.9 Å². The molecule has 0 saturated carbocycles. The summed E-state index contributed by atoms with van der Waals surface area (Å²) in [7, 11) is -3.50. The monoisotopic (exact) mass is 512 g/mol. The Kier molecular flexibility index (Phi) is 12.7. The van der Waals surface area contributed by atoms with E-state index in [0.717, 1.165) is 30.2 Å². The van der Waals surface area contributed by atoms with Crippen LogP contribution in [0.1, 0.15) is 6.92 Å². The average molecular weight is 513 g/mol. The molecule has 0 bridgehead atoms. The zero-order valence-corrected chi connectivity index (χ0v) is 18.5. The summed E-state index contributed by atoms with van der Waals surface area (Å²) in [5.41, 5.74) is 0. The number of hydrogen-bond donors (Lipinski definition) is 3. The Balaban J connectivity index is 0.00000484. The normalized spacial score (nSPS) is 11.9. The summed E-state index contributed by atoms with van der Waals surface area (Å²) in [5, 5.41) is 6.29. The molecule has 0 amide bonds. The maximum Gasteiger partial charge on any atom is 0.250 e. The molecule has 0 aromatic carbocycles. The van der Waals surface area contributed by atoms with Gasteiger partial charge in [-0.25, -0.2) is 13.1 Å². The molecule has 0 aliphatic rings. The number of thiophene rings is 1. The highest BCUT2D eigenvalue weighted by Gasteiger charge is 2.15. The Morgan fingerprint density at radius 3 is 2.65 bits per heavy atom. The van der Waals surface area contributed by atoms with Crippen molar-refractivity contribution in [2.24, 2.45) is 4.99 Å². The summed E-state index contributed by atoms with van der Waals surface area (Å²) in [6.45, 7) is 4.13. The number of thioether (sulfide) groups is 1. The number of hydrogen-bond acceptors (Lipinski definition) is 5. The highest BCUT2D eigenvalue weighted by atomic mass is 127. The predicted octanol–water partition coefficient (Wildman–Crippen LogP) is 2.22. The first kappa shape index (κ1) is 23.2. The van der Waals surface area contributed by atoms with Crippen LogP contribution in [-0.4, -0.2) is 52.6 Å². The fourth-order valence-electron chi connectivity index (χ4n) is 1.47. The molecule has 6 nitrogen and oxygen atoms in total. The third kappa shape index (κ3) is 9.34. The van der Waals surface area contributed by atoms with Gasteiger partial charge < -0.3 is 10.6 Å². The Morgan fingerprint density at radius 2 is 2.09 bits per heavy atom. The van der Waals surface area contributed by atoms with E-state index in [1.165, 1.54) is 6.07 Å². The van der Waals surface area contributed by atoms with Gasteiger partial charge in [0.2, 0.25) is 10.0 Å². The number of guanidine groups is 1. The lowest BCUT2D eigenvalue weighted by Gasteiger charge is -2.10. The molecule has 0 spiro atoms. The minimum absolute atomic E-state index is 0. The van der Waals surface area contributed by atoms with Crippen LogP contribution in [0.4, 0.5) is 0 Å². The van der Waals surface area contributed by atoms with Gasteiger partial charge in [0.1, 0.15) is 4.21 Å². The van der Waals surface area contributed by atoms with Gasteiger partial charge in [-0.15, -0.1) is 35.3 Å². The highest BCUT2D eigenvalue weighted by Crippen LogP contribution is 2.25. The van der Waals surface area contributed by atoms with E-state index in [4.69, 9.17) is 11.6 Å². The molecule has 134 valence electrons. The van der Waals surface area contributed by atoms with Crippen molar-refractivity contribution in [1.29, 1.82) is 0 Å². The lowest BCUT2D eigenvalue weighted by atomic mass is 10.6. The molecule has 1 rings (SSSR count). The summed E-state index contributed by atoms with van der Waals surface area (Å²) in [5.74, 6) is 1.67. The van der Waals surface area contributed by atoms with Crippen LogP contribution >= 0.6 is 58.7 Å². The number of aliphatic imine (C=N–C) groups is 1. The van der Waals surface area contributed by atoms with E-state index in [1.54, 1.807) is 17.8 Å². The zero-order valence-electron chi connectivity index (χ0n) is 13.0. The molecule has 0 aliphatic heterocycles. The van der Waals surface area contributed by atoms with Gasteiger partial charge in [-0.05, 0) is 25.3 Å². The first-order valence-electron chi connectivity index (χ1n) is 6.75. The minimum Gasteiger partial charge on any atom is -0.357 e. The quantitative estimate of drug-likeness (QED) is 0.205. The average Bonchev–Trinajstić information content (AvgIpc) is 2.91. The second-order valence-corrected chi connectivity index (χ2v) is 8.83. The number of nitrogens with zero attached hydrogens (tertiary/aromatic N) is 1. The fourth-order valence-corrected chi connectivity index (χ4v) is 4.33. The second kappa shape index (κ2) is 12.6. The molecular weight excluding hydrogens is 491 g/mol. The number of halogens is 2. The summed E-state index contributed by atoms with van der Waals surface area (Å²) in [4.78, 5) is 4.32. The van der Waals surface area contributed by atoms with Crippen LogP contribution < -0.4 is 15.4 Å². The van der Waals surface area contributed by atoms with E-state index in [9.17, 15) is 8.42 Å². The molecule has 11 heteroatoms. The number of rotatable bonds is 9. The molecular formula is C12H22ClIN4O2S3. The molecule has 0 fully saturated rings. The van der Waals surface area contributed by atoms with Crippen molar-refractivity contribution in [1.82, 2.24) is 15.4 Å². The molecule has 3 N–H and O–H groups in total. The van der Waals surface area contributed by atoms with Crippen molar-refractivity contribution in [2.75, 3.05) is 38.2 Å². The number of sulfonamides is 1. The second-order valence-electron chi connectivity index (χ2n) is 4.14. The van der Waals surface area contributed by atoms with Gasteiger partial charge in [-0.1, -0.05) is 11.6 Å². The zero-order chi connectivity index (χ0) is 16.4. The van der Waals surface area contributed by atoms with Gasteiger partial charge in [0.25, 0.3) is 0 Å².